The summed E-state index contributed by atoms with van der Waals surface area (Å²) in [6.07, 6.45) is 2.84. The lowest BCUT2D eigenvalue weighted by molar-refractivity contribution is -0.133. The van der Waals surface area contributed by atoms with E-state index in [4.69, 9.17) is 5.26 Å². The minimum absolute atomic E-state index is 0.0619. The average molecular weight is 619 g/mol. The highest BCUT2D eigenvalue weighted by molar-refractivity contribution is 9.10. The number of hydrogen-bond donors (Lipinski definition) is 1. The Morgan fingerprint density at radius 2 is 1.85 bits per heavy atom. The monoisotopic (exact) mass is 617 g/mol. The van der Waals surface area contributed by atoms with Crippen LogP contribution in [0, 0.1) is 18.3 Å². The van der Waals surface area contributed by atoms with E-state index in [0.29, 0.717) is 37.3 Å². The Kier molecular flexibility index (Phi) is 7.87. The predicted molar refractivity (Wildman–Crippen MR) is 159 cm³/mol. The number of piperazine rings is 1. The summed E-state index contributed by atoms with van der Waals surface area (Å²) < 4.78 is 2.74. The lowest BCUT2D eigenvalue weighted by atomic mass is 10.0. The van der Waals surface area contributed by atoms with Crippen molar-refractivity contribution in [3.05, 3.63) is 70.5 Å². The number of nitrogens with one attached hydrogen (secondary N) is 1. The van der Waals surface area contributed by atoms with Crippen LogP contribution < -0.4 is 10.2 Å². The lowest BCUT2D eigenvalue weighted by Crippen LogP contribution is -2.61. The quantitative estimate of drug-likeness (QED) is 0.425. The number of fused-ring (bicyclic) bond motifs is 1. The van der Waals surface area contributed by atoms with Crippen molar-refractivity contribution in [1.29, 1.82) is 5.26 Å². The Hall–Kier alpha value is -4.17. The van der Waals surface area contributed by atoms with Gasteiger partial charge in [-0.3, -0.25) is 14.4 Å². The molecule has 1 N–H and O–H groups in total. The Labute approximate surface area is 247 Å². The molecule has 2 atom stereocenters. The van der Waals surface area contributed by atoms with E-state index in [0.717, 1.165) is 26.9 Å². The van der Waals surface area contributed by atoms with Crippen LogP contribution in [-0.2, 0) is 16.1 Å². The van der Waals surface area contributed by atoms with Gasteiger partial charge in [0.1, 0.15) is 18.4 Å². The fourth-order valence-corrected chi connectivity index (χ4v) is 6.26. The summed E-state index contributed by atoms with van der Waals surface area (Å²) in [7, 11) is 0. The summed E-state index contributed by atoms with van der Waals surface area (Å²) in [5, 5.41) is 12.9. The SMILES string of the molecule is C=CC(=O)N1CC(NC(=O)Cn2c(C)c(C(=O)N3[C@H](C)CN(c4ccc(C#N)cn4)C[C@H]3C)c3cc(Br)ccc32)C1. The molecule has 2 aliphatic heterocycles. The van der Waals surface area contributed by atoms with Gasteiger partial charge in [0.25, 0.3) is 5.91 Å². The maximum absolute atomic E-state index is 14.2. The van der Waals surface area contributed by atoms with E-state index < -0.39 is 0 Å². The molecule has 212 valence electrons. The number of nitrogens with zero attached hydrogens (tertiary/aromatic N) is 6. The third-order valence-electron chi connectivity index (χ3n) is 7.89. The van der Waals surface area contributed by atoms with Crippen molar-refractivity contribution in [2.75, 3.05) is 31.1 Å². The normalized spacial score (nSPS) is 19.0. The number of aromatic nitrogens is 2. The summed E-state index contributed by atoms with van der Waals surface area (Å²) >= 11 is 3.55. The van der Waals surface area contributed by atoms with Gasteiger partial charge >= 0.3 is 0 Å². The van der Waals surface area contributed by atoms with Crippen LogP contribution in [0.4, 0.5) is 5.82 Å². The summed E-state index contributed by atoms with van der Waals surface area (Å²) in [4.78, 5) is 49.1. The van der Waals surface area contributed by atoms with Crippen molar-refractivity contribution in [2.45, 2.75) is 45.4 Å². The van der Waals surface area contributed by atoms with Gasteiger partial charge in [-0.25, -0.2) is 4.98 Å². The van der Waals surface area contributed by atoms with Gasteiger partial charge in [0.15, 0.2) is 0 Å². The van der Waals surface area contributed by atoms with Crippen LogP contribution in [0.25, 0.3) is 10.9 Å². The third kappa shape index (κ3) is 5.44. The second kappa shape index (κ2) is 11.4. The number of halogens is 1. The molecule has 0 unspecified atom stereocenters. The number of nitriles is 1. The first-order chi connectivity index (χ1) is 19.6. The molecule has 2 aliphatic rings. The van der Waals surface area contributed by atoms with Gasteiger partial charge in [-0.1, -0.05) is 22.5 Å². The number of hydrogen-bond acceptors (Lipinski definition) is 6. The van der Waals surface area contributed by atoms with E-state index in [9.17, 15) is 14.4 Å². The van der Waals surface area contributed by atoms with Gasteiger partial charge in [-0.2, -0.15) is 5.26 Å². The number of pyridine rings is 1. The first-order valence-corrected chi connectivity index (χ1v) is 14.3. The number of benzene rings is 1. The van der Waals surface area contributed by atoms with Gasteiger partial charge in [-0.15, -0.1) is 0 Å². The Balaban J connectivity index is 1.37. The van der Waals surface area contributed by atoms with E-state index in [1.807, 2.05) is 54.5 Å². The highest BCUT2D eigenvalue weighted by atomic mass is 79.9. The van der Waals surface area contributed by atoms with Gasteiger partial charge in [0.05, 0.1) is 17.2 Å². The average Bonchev–Trinajstić information content (AvgIpc) is 3.19. The summed E-state index contributed by atoms with van der Waals surface area (Å²) in [5.74, 6) is 0.387. The van der Waals surface area contributed by atoms with Crippen LogP contribution in [0.3, 0.4) is 0 Å². The van der Waals surface area contributed by atoms with E-state index in [-0.39, 0.29) is 42.4 Å². The molecule has 4 heterocycles. The van der Waals surface area contributed by atoms with E-state index in [1.165, 1.54) is 6.08 Å². The Morgan fingerprint density at radius 1 is 1.15 bits per heavy atom. The zero-order valence-electron chi connectivity index (χ0n) is 23.3. The zero-order chi connectivity index (χ0) is 29.4. The van der Waals surface area contributed by atoms with Crippen LogP contribution >= 0.6 is 15.9 Å². The van der Waals surface area contributed by atoms with Crippen molar-refractivity contribution < 1.29 is 14.4 Å². The number of rotatable bonds is 6. The smallest absolute Gasteiger partial charge is 0.256 e. The van der Waals surface area contributed by atoms with Crippen LogP contribution in [0.5, 0.6) is 0 Å². The summed E-state index contributed by atoms with van der Waals surface area (Å²) in [6.45, 7) is 11.6. The van der Waals surface area contributed by atoms with Crippen LogP contribution in [0.15, 0.2) is 53.7 Å². The topological polar surface area (TPSA) is 115 Å². The van der Waals surface area contributed by atoms with Crippen molar-refractivity contribution >= 4 is 50.4 Å². The fraction of sp³-hybridized carbons (Fsp3) is 0.367. The predicted octanol–water partition coefficient (Wildman–Crippen LogP) is 3.23. The summed E-state index contributed by atoms with van der Waals surface area (Å²) in [5.41, 5.74) is 2.63. The molecule has 0 bridgehead atoms. The van der Waals surface area contributed by atoms with E-state index in [1.54, 1.807) is 17.2 Å². The molecule has 1 aromatic carbocycles. The molecule has 5 rings (SSSR count). The number of anilines is 1. The van der Waals surface area contributed by atoms with Gasteiger partial charge < -0.3 is 24.6 Å². The van der Waals surface area contributed by atoms with Gasteiger partial charge in [0, 0.05) is 65.5 Å². The molecule has 11 heteroatoms. The molecule has 2 saturated heterocycles. The minimum Gasteiger partial charge on any atom is -0.353 e. The molecule has 0 radical (unpaired) electrons. The highest BCUT2D eigenvalue weighted by Crippen LogP contribution is 2.32. The van der Waals surface area contributed by atoms with Crippen LogP contribution in [0.2, 0.25) is 0 Å². The Bertz CT molecular complexity index is 1560. The number of carbonyl (C=O) groups is 3. The second-order valence-electron chi connectivity index (χ2n) is 10.8. The largest absolute Gasteiger partial charge is 0.353 e. The maximum Gasteiger partial charge on any atom is 0.256 e. The summed E-state index contributed by atoms with van der Waals surface area (Å²) in [6, 6.07) is 11.1. The van der Waals surface area contributed by atoms with Crippen molar-refractivity contribution in [1.82, 2.24) is 24.7 Å². The Morgan fingerprint density at radius 3 is 2.46 bits per heavy atom. The molecule has 2 fully saturated rings. The minimum atomic E-state index is -0.173. The molecule has 0 spiro atoms. The molecule has 10 nitrogen and oxygen atoms in total. The molecule has 0 saturated carbocycles. The first kappa shape index (κ1) is 28.4. The molecule has 41 heavy (non-hydrogen) atoms. The molecular weight excluding hydrogens is 586 g/mol. The molecule has 3 amide bonds. The standard InChI is InChI=1S/C30H32BrN7O3/c1-5-28(40)36-15-23(16-36)34-27(39)17-37-20(4)29(24-10-22(31)7-8-25(24)37)30(41)38-18(2)13-35(14-19(38)3)26-9-6-21(11-32)12-33-26/h5-10,12,18-19,23H,1,13-17H2,2-4H3,(H,34,39)/t18-,19-/m1/s1. The second-order valence-corrected chi connectivity index (χ2v) is 11.7. The lowest BCUT2D eigenvalue weighted by Gasteiger charge is -2.45. The molecule has 3 aromatic rings. The first-order valence-electron chi connectivity index (χ1n) is 13.5. The third-order valence-corrected chi connectivity index (χ3v) is 8.38. The van der Waals surface area contributed by atoms with Crippen LogP contribution in [0.1, 0.15) is 35.5 Å². The molecule has 0 aliphatic carbocycles. The van der Waals surface area contributed by atoms with Crippen LogP contribution in [-0.4, -0.2) is 81.4 Å². The fourth-order valence-electron chi connectivity index (χ4n) is 5.90. The van der Waals surface area contributed by atoms with Crippen molar-refractivity contribution in [3.8, 4) is 6.07 Å². The van der Waals surface area contributed by atoms with E-state index >= 15 is 0 Å². The van der Waals surface area contributed by atoms with Crippen molar-refractivity contribution in [2.24, 2.45) is 0 Å². The molecular formula is C30H32BrN7O3. The van der Waals surface area contributed by atoms with Crippen molar-refractivity contribution in [3.63, 3.8) is 0 Å². The van der Waals surface area contributed by atoms with Gasteiger partial charge in [0.2, 0.25) is 11.8 Å². The van der Waals surface area contributed by atoms with Gasteiger partial charge in [-0.05, 0) is 57.2 Å². The number of likely N-dealkylation sites (tertiary alicyclic amines) is 1. The van der Waals surface area contributed by atoms with E-state index in [2.05, 4.69) is 43.8 Å². The molecule has 2 aromatic heterocycles. The number of amides is 3. The number of carbonyl (C=O) groups excluding carboxylic acids is 3. The maximum atomic E-state index is 14.2. The highest BCUT2D eigenvalue weighted by Gasteiger charge is 2.36. The zero-order valence-corrected chi connectivity index (χ0v) is 24.9.